The second-order valence-electron chi connectivity index (χ2n) is 11.1. The summed E-state index contributed by atoms with van der Waals surface area (Å²) in [5.74, 6) is 2.79. The molecule has 2 aromatic rings. The van der Waals surface area contributed by atoms with Gasteiger partial charge in [0, 0.05) is 50.3 Å². The van der Waals surface area contributed by atoms with Gasteiger partial charge < -0.3 is 39.6 Å². The van der Waals surface area contributed by atoms with Gasteiger partial charge in [-0.25, -0.2) is 15.0 Å². The molecule has 12 heteroatoms. The molecular formula is C27H38N6O5S. The van der Waals surface area contributed by atoms with E-state index in [9.17, 15) is 5.11 Å². The second-order valence-corrected chi connectivity index (χ2v) is 12.2. The van der Waals surface area contributed by atoms with Crippen molar-refractivity contribution in [3.63, 3.8) is 0 Å². The summed E-state index contributed by atoms with van der Waals surface area (Å²) in [7, 11) is 1.64. The number of aliphatic hydroxyl groups is 1. The Bertz CT molecular complexity index is 1170. The van der Waals surface area contributed by atoms with Gasteiger partial charge in [-0.15, -0.1) is 0 Å². The maximum Gasteiger partial charge on any atom is 0.175 e. The third kappa shape index (κ3) is 5.18. The average molecular weight is 559 g/mol. The number of nitrogens with zero attached hydrogens (tertiary/aromatic N) is 5. The molecule has 11 nitrogen and oxygen atoms in total. The molecule has 6 rings (SSSR count). The van der Waals surface area contributed by atoms with E-state index in [0.717, 1.165) is 67.8 Å². The molecule has 0 amide bonds. The number of fused-ring (bicyclic) bond motifs is 3. The van der Waals surface area contributed by atoms with E-state index in [1.54, 1.807) is 13.3 Å². The summed E-state index contributed by atoms with van der Waals surface area (Å²) in [5, 5.41) is 10.9. The van der Waals surface area contributed by atoms with Crippen LogP contribution < -0.4 is 20.3 Å². The lowest BCUT2D eigenvalue weighted by molar-refractivity contribution is -0.0414. The first-order valence-corrected chi connectivity index (χ1v) is 14.5. The first kappa shape index (κ1) is 27.0. The maximum absolute atomic E-state index is 10.2. The second kappa shape index (κ2) is 11.3. The van der Waals surface area contributed by atoms with Crippen LogP contribution in [0, 0.1) is 11.3 Å². The Morgan fingerprint density at radius 1 is 1.26 bits per heavy atom. The van der Waals surface area contributed by atoms with Gasteiger partial charge in [0.25, 0.3) is 0 Å². The normalized spacial score (nSPS) is 27.5. The van der Waals surface area contributed by atoms with Crippen molar-refractivity contribution in [3.8, 4) is 5.75 Å². The smallest absolute Gasteiger partial charge is 0.175 e. The van der Waals surface area contributed by atoms with Gasteiger partial charge in [0.2, 0.25) is 0 Å². The van der Waals surface area contributed by atoms with Crippen molar-refractivity contribution in [1.29, 1.82) is 0 Å². The molecule has 0 bridgehead atoms. The number of aliphatic hydroxyl groups excluding tert-OH is 1. The van der Waals surface area contributed by atoms with E-state index in [1.807, 2.05) is 12.3 Å². The number of nitrogens with two attached hydrogens (primary N) is 1. The number of anilines is 2. The highest BCUT2D eigenvalue weighted by Crippen LogP contribution is 2.45. The Morgan fingerprint density at radius 2 is 2.10 bits per heavy atom. The van der Waals surface area contributed by atoms with Crippen LogP contribution >= 0.6 is 11.8 Å². The molecule has 3 N–H and O–H groups in total. The van der Waals surface area contributed by atoms with Crippen LogP contribution in [0.15, 0.2) is 28.4 Å². The van der Waals surface area contributed by atoms with Crippen LogP contribution in [0.3, 0.4) is 0 Å². The maximum atomic E-state index is 10.2. The SMILES string of the molecule is COCOCC1C[C@H]2COc3c(Sc4cnc(N5CCC6(CC5)CO[C@@H](C)[C@H]6N)c(CO)n4)ccnc3N2C1. The van der Waals surface area contributed by atoms with Crippen LogP contribution in [0.4, 0.5) is 11.6 Å². The van der Waals surface area contributed by atoms with Crippen molar-refractivity contribution in [1.82, 2.24) is 15.0 Å². The predicted octanol–water partition coefficient (Wildman–Crippen LogP) is 2.06. The standard InChI is InChI=1S/C27H38N6O5S/c1-17-24(28)27(15-38-17)4-7-32(8-5-27)25-20(12-34)31-22(10-30-25)39-21-3-6-29-26-23(21)37-14-19-9-18(11-33(19)26)13-36-16-35-2/h3,6,10,17-19,24,34H,4-5,7-9,11-16,28H2,1-2H3/t17-,18?,19-,24+/m0/s1. The number of rotatable bonds is 8. The van der Waals surface area contributed by atoms with E-state index in [0.29, 0.717) is 42.7 Å². The van der Waals surface area contributed by atoms with Crippen molar-refractivity contribution in [2.45, 2.75) is 60.9 Å². The molecule has 1 spiro atoms. The van der Waals surface area contributed by atoms with E-state index in [2.05, 4.69) is 21.7 Å². The zero-order valence-electron chi connectivity index (χ0n) is 22.6. The van der Waals surface area contributed by atoms with Crippen molar-refractivity contribution in [3.05, 3.63) is 24.2 Å². The molecule has 0 saturated carbocycles. The van der Waals surface area contributed by atoms with E-state index in [-0.39, 0.29) is 24.2 Å². The first-order valence-electron chi connectivity index (χ1n) is 13.7. The Balaban J connectivity index is 1.15. The molecule has 4 atom stereocenters. The fourth-order valence-electron chi connectivity index (χ4n) is 6.44. The zero-order chi connectivity index (χ0) is 27.0. The Labute approximate surface area is 233 Å². The van der Waals surface area contributed by atoms with Gasteiger partial charge in [-0.05, 0) is 32.3 Å². The molecule has 0 aromatic carbocycles. The molecule has 0 aliphatic carbocycles. The van der Waals surface area contributed by atoms with Gasteiger partial charge in [0.05, 0.1) is 43.1 Å². The van der Waals surface area contributed by atoms with Gasteiger partial charge in [0.15, 0.2) is 17.4 Å². The molecule has 4 aliphatic heterocycles. The predicted molar refractivity (Wildman–Crippen MR) is 146 cm³/mol. The highest BCUT2D eigenvalue weighted by atomic mass is 32.2. The van der Waals surface area contributed by atoms with Crippen LogP contribution in [-0.2, 0) is 20.8 Å². The lowest BCUT2D eigenvalue weighted by Crippen LogP contribution is -2.51. The van der Waals surface area contributed by atoms with Crippen LogP contribution in [0.2, 0.25) is 0 Å². The lowest BCUT2D eigenvalue weighted by Gasteiger charge is -2.41. The fraction of sp³-hybridized carbons (Fsp3) is 0.667. The van der Waals surface area contributed by atoms with Crippen molar-refractivity contribution >= 4 is 23.4 Å². The molecule has 3 saturated heterocycles. The van der Waals surface area contributed by atoms with Gasteiger partial charge >= 0.3 is 0 Å². The summed E-state index contributed by atoms with van der Waals surface area (Å²) in [4.78, 5) is 19.7. The Hall–Kier alpha value is -2.22. The summed E-state index contributed by atoms with van der Waals surface area (Å²) in [5.41, 5.74) is 7.10. The van der Waals surface area contributed by atoms with Gasteiger partial charge in [-0.3, -0.25) is 0 Å². The number of piperidine rings is 1. The molecule has 6 heterocycles. The van der Waals surface area contributed by atoms with E-state index in [4.69, 9.17) is 34.6 Å². The summed E-state index contributed by atoms with van der Waals surface area (Å²) in [6, 6.07) is 2.30. The van der Waals surface area contributed by atoms with Crippen LogP contribution in [0.1, 0.15) is 31.9 Å². The third-order valence-electron chi connectivity index (χ3n) is 8.67. The highest BCUT2D eigenvalue weighted by Gasteiger charge is 2.48. The number of ether oxygens (including phenoxy) is 4. The van der Waals surface area contributed by atoms with Crippen molar-refractivity contribution in [2.75, 3.05) is 63.2 Å². The molecular weight excluding hydrogens is 520 g/mol. The highest BCUT2D eigenvalue weighted by molar-refractivity contribution is 7.99. The minimum absolute atomic E-state index is 0.0320. The minimum Gasteiger partial charge on any atom is -0.486 e. The van der Waals surface area contributed by atoms with Crippen molar-refractivity contribution in [2.24, 2.45) is 17.1 Å². The monoisotopic (exact) mass is 558 g/mol. The summed E-state index contributed by atoms with van der Waals surface area (Å²) in [6.07, 6.45) is 6.59. The topological polar surface area (TPSA) is 128 Å². The first-order chi connectivity index (χ1) is 19.0. The minimum atomic E-state index is -0.176. The molecule has 212 valence electrons. The van der Waals surface area contributed by atoms with E-state index < -0.39 is 0 Å². The van der Waals surface area contributed by atoms with E-state index >= 15 is 0 Å². The molecule has 3 fully saturated rings. The average Bonchev–Trinajstić information content (AvgIpc) is 3.50. The molecule has 4 aliphatic rings. The molecule has 39 heavy (non-hydrogen) atoms. The third-order valence-corrected chi connectivity index (χ3v) is 9.61. The van der Waals surface area contributed by atoms with Gasteiger partial charge in [-0.1, -0.05) is 11.8 Å². The zero-order valence-corrected chi connectivity index (χ0v) is 23.4. The molecule has 1 unspecified atom stereocenters. The lowest BCUT2D eigenvalue weighted by atomic mass is 9.73. The number of hydrogen-bond acceptors (Lipinski definition) is 12. The largest absolute Gasteiger partial charge is 0.486 e. The van der Waals surface area contributed by atoms with E-state index in [1.165, 1.54) is 11.8 Å². The fourth-order valence-corrected chi connectivity index (χ4v) is 7.30. The number of hydrogen-bond donors (Lipinski definition) is 2. The Morgan fingerprint density at radius 3 is 2.85 bits per heavy atom. The van der Waals surface area contributed by atoms with Gasteiger partial charge in [0.1, 0.15) is 24.1 Å². The van der Waals surface area contributed by atoms with Crippen LogP contribution in [0.5, 0.6) is 5.75 Å². The number of aromatic nitrogens is 3. The number of pyridine rings is 1. The number of methoxy groups -OCH3 is 1. The van der Waals surface area contributed by atoms with Crippen LogP contribution in [0.25, 0.3) is 0 Å². The van der Waals surface area contributed by atoms with Crippen LogP contribution in [-0.4, -0.2) is 91.6 Å². The van der Waals surface area contributed by atoms with Gasteiger partial charge in [-0.2, -0.15) is 0 Å². The molecule has 0 radical (unpaired) electrons. The van der Waals surface area contributed by atoms with Crippen molar-refractivity contribution < 1.29 is 24.1 Å². The molecule has 2 aromatic heterocycles. The Kier molecular flexibility index (Phi) is 7.84. The summed E-state index contributed by atoms with van der Waals surface area (Å²) < 4.78 is 22.7. The summed E-state index contributed by atoms with van der Waals surface area (Å²) in [6.45, 7) is 6.70. The summed E-state index contributed by atoms with van der Waals surface area (Å²) >= 11 is 1.49. The quantitative estimate of drug-likeness (QED) is 0.363.